The summed E-state index contributed by atoms with van der Waals surface area (Å²) in [5.41, 5.74) is 0.0887. The fourth-order valence-corrected chi connectivity index (χ4v) is 1.96. The molecule has 0 bridgehead atoms. The van der Waals surface area contributed by atoms with Gasteiger partial charge in [-0.15, -0.1) is 0 Å². The molecule has 1 heterocycles. The Morgan fingerprint density at radius 3 is 2.85 bits per heavy atom. The molecule has 2 aromatic rings. The summed E-state index contributed by atoms with van der Waals surface area (Å²) in [5.74, 6) is -1.47. The summed E-state index contributed by atoms with van der Waals surface area (Å²) < 4.78 is 1.76. The van der Waals surface area contributed by atoms with Crippen LogP contribution in [0.5, 0.6) is 0 Å². The van der Waals surface area contributed by atoms with Crippen LogP contribution in [0.2, 0.25) is 5.02 Å². The molecule has 7 heteroatoms. The molecule has 2 N–H and O–H groups in total. The first kappa shape index (κ1) is 14.1. The predicted octanol–water partition coefficient (Wildman–Crippen LogP) is 2.26. The molecule has 0 atom stereocenters. The van der Waals surface area contributed by atoms with Gasteiger partial charge >= 0.3 is 5.97 Å². The van der Waals surface area contributed by atoms with Crippen molar-refractivity contribution < 1.29 is 14.7 Å². The number of aromatic carboxylic acids is 1. The van der Waals surface area contributed by atoms with Crippen LogP contribution in [0.25, 0.3) is 0 Å². The lowest BCUT2D eigenvalue weighted by Crippen LogP contribution is -2.16. The highest BCUT2D eigenvalue weighted by atomic mass is 35.5. The Labute approximate surface area is 120 Å². The van der Waals surface area contributed by atoms with E-state index in [9.17, 15) is 9.59 Å². The zero-order valence-electron chi connectivity index (χ0n) is 10.4. The molecule has 0 saturated heterocycles. The number of hydrogen-bond acceptors (Lipinski definition) is 3. The van der Waals surface area contributed by atoms with Crippen molar-refractivity contribution >= 4 is 29.2 Å². The molecule has 2 rings (SSSR count). The second-order valence-corrected chi connectivity index (χ2v) is 4.47. The van der Waals surface area contributed by atoms with E-state index in [1.54, 1.807) is 29.4 Å². The number of carboxylic acid groups (broad SMARTS) is 1. The molecule has 20 heavy (non-hydrogen) atoms. The van der Waals surface area contributed by atoms with Crippen LogP contribution >= 0.6 is 11.6 Å². The molecular weight excluding hydrogens is 282 g/mol. The normalized spacial score (nSPS) is 10.2. The zero-order chi connectivity index (χ0) is 14.5. The minimum atomic E-state index is -1.18. The van der Waals surface area contributed by atoms with Crippen LogP contribution in [-0.2, 0) is 11.3 Å². The van der Waals surface area contributed by atoms with E-state index in [-0.39, 0.29) is 28.6 Å². The van der Waals surface area contributed by atoms with Crippen LogP contribution < -0.4 is 5.32 Å². The van der Waals surface area contributed by atoms with Crippen molar-refractivity contribution in [1.82, 2.24) is 9.55 Å². The van der Waals surface area contributed by atoms with Crippen LogP contribution in [0.1, 0.15) is 16.8 Å². The van der Waals surface area contributed by atoms with Gasteiger partial charge in [0, 0.05) is 25.4 Å². The van der Waals surface area contributed by atoms with E-state index in [1.165, 1.54) is 12.1 Å². The van der Waals surface area contributed by atoms with Gasteiger partial charge in [-0.2, -0.15) is 0 Å². The number of carbonyl (C=O) groups excluding carboxylic acids is 1. The summed E-state index contributed by atoms with van der Waals surface area (Å²) in [5, 5.41) is 11.7. The summed E-state index contributed by atoms with van der Waals surface area (Å²) in [4.78, 5) is 26.8. The molecule has 0 aliphatic carbocycles. The number of benzene rings is 1. The molecule has 0 aliphatic heterocycles. The first-order chi connectivity index (χ1) is 9.58. The molecule has 0 radical (unpaired) electrons. The Bertz CT molecular complexity index is 626. The van der Waals surface area contributed by atoms with Crippen molar-refractivity contribution in [2.24, 2.45) is 0 Å². The van der Waals surface area contributed by atoms with E-state index < -0.39 is 5.97 Å². The maximum absolute atomic E-state index is 11.8. The molecule has 104 valence electrons. The number of imidazole rings is 1. The number of carboxylic acids is 1. The van der Waals surface area contributed by atoms with Crippen molar-refractivity contribution in [1.29, 1.82) is 0 Å². The van der Waals surface area contributed by atoms with Gasteiger partial charge < -0.3 is 15.0 Å². The van der Waals surface area contributed by atoms with Crippen LogP contribution in [0.15, 0.2) is 36.9 Å². The number of aryl methyl sites for hydroxylation is 1. The van der Waals surface area contributed by atoms with E-state index in [4.69, 9.17) is 16.7 Å². The summed E-state index contributed by atoms with van der Waals surface area (Å²) in [6.45, 7) is 0.467. The SMILES string of the molecule is O=C(CCn1ccnc1)Nc1cccc(Cl)c1C(=O)O. The van der Waals surface area contributed by atoms with Gasteiger partial charge in [0.25, 0.3) is 0 Å². The highest BCUT2D eigenvalue weighted by Gasteiger charge is 2.15. The highest BCUT2D eigenvalue weighted by Crippen LogP contribution is 2.24. The van der Waals surface area contributed by atoms with E-state index >= 15 is 0 Å². The number of carbonyl (C=O) groups is 2. The standard InChI is InChI=1S/C13H12ClN3O3/c14-9-2-1-3-10(12(9)13(19)20)16-11(18)4-6-17-7-5-15-8-17/h1-3,5,7-8H,4,6H2,(H,16,18)(H,19,20). The summed E-state index contributed by atoms with van der Waals surface area (Å²) in [6.07, 6.45) is 5.18. The molecule has 0 aliphatic rings. The van der Waals surface area contributed by atoms with Crippen molar-refractivity contribution in [2.45, 2.75) is 13.0 Å². The van der Waals surface area contributed by atoms with Gasteiger partial charge in [-0.1, -0.05) is 17.7 Å². The van der Waals surface area contributed by atoms with Crippen LogP contribution in [-0.4, -0.2) is 26.5 Å². The third-order valence-electron chi connectivity index (χ3n) is 2.66. The maximum Gasteiger partial charge on any atom is 0.339 e. The van der Waals surface area contributed by atoms with Gasteiger partial charge in [-0.25, -0.2) is 9.78 Å². The minimum absolute atomic E-state index is 0.0879. The lowest BCUT2D eigenvalue weighted by Gasteiger charge is -2.09. The molecule has 1 amide bonds. The van der Waals surface area contributed by atoms with Crippen LogP contribution in [0.3, 0.4) is 0 Å². The molecule has 1 aromatic carbocycles. The molecule has 0 spiro atoms. The van der Waals surface area contributed by atoms with Gasteiger partial charge in [0.15, 0.2) is 0 Å². The number of anilines is 1. The maximum atomic E-state index is 11.8. The lowest BCUT2D eigenvalue weighted by atomic mass is 10.1. The topological polar surface area (TPSA) is 84.2 Å². The van der Waals surface area contributed by atoms with E-state index in [0.717, 1.165) is 0 Å². The minimum Gasteiger partial charge on any atom is -0.478 e. The van der Waals surface area contributed by atoms with Gasteiger partial charge in [0.2, 0.25) is 5.91 Å². The Balaban J connectivity index is 2.04. The van der Waals surface area contributed by atoms with Gasteiger partial charge in [-0.3, -0.25) is 4.79 Å². The molecule has 0 unspecified atom stereocenters. The molecule has 0 saturated carbocycles. The molecular formula is C13H12ClN3O3. The molecule has 0 fully saturated rings. The van der Waals surface area contributed by atoms with Gasteiger partial charge in [-0.05, 0) is 12.1 Å². The third-order valence-corrected chi connectivity index (χ3v) is 2.97. The lowest BCUT2D eigenvalue weighted by molar-refractivity contribution is -0.116. The molecule has 1 aromatic heterocycles. The third kappa shape index (κ3) is 3.36. The Morgan fingerprint density at radius 1 is 1.40 bits per heavy atom. The summed E-state index contributed by atoms with van der Waals surface area (Å²) in [6, 6.07) is 4.55. The van der Waals surface area contributed by atoms with Crippen molar-refractivity contribution in [3.8, 4) is 0 Å². The fourth-order valence-electron chi connectivity index (χ4n) is 1.71. The van der Waals surface area contributed by atoms with Crippen molar-refractivity contribution in [3.63, 3.8) is 0 Å². The average Bonchev–Trinajstić information content (AvgIpc) is 2.89. The van der Waals surface area contributed by atoms with Crippen LogP contribution in [0.4, 0.5) is 5.69 Å². The second kappa shape index (κ2) is 6.21. The fraction of sp³-hybridized carbons (Fsp3) is 0.154. The van der Waals surface area contributed by atoms with E-state index in [0.29, 0.717) is 6.54 Å². The number of nitrogens with zero attached hydrogens (tertiary/aromatic N) is 2. The first-order valence-electron chi connectivity index (χ1n) is 5.85. The monoisotopic (exact) mass is 293 g/mol. The Kier molecular flexibility index (Phi) is 4.37. The van der Waals surface area contributed by atoms with Crippen LogP contribution in [0, 0.1) is 0 Å². The first-order valence-corrected chi connectivity index (χ1v) is 6.23. The average molecular weight is 294 g/mol. The van der Waals surface area contributed by atoms with Gasteiger partial charge in [0.1, 0.15) is 5.56 Å². The predicted molar refractivity (Wildman–Crippen MR) is 73.9 cm³/mol. The zero-order valence-corrected chi connectivity index (χ0v) is 11.2. The van der Waals surface area contributed by atoms with E-state index in [2.05, 4.69) is 10.3 Å². The number of halogens is 1. The number of aromatic nitrogens is 2. The second-order valence-electron chi connectivity index (χ2n) is 4.07. The van der Waals surface area contributed by atoms with Gasteiger partial charge in [0.05, 0.1) is 17.0 Å². The van der Waals surface area contributed by atoms with E-state index in [1.807, 2.05) is 0 Å². The summed E-state index contributed by atoms with van der Waals surface area (Å²) >= 11 is 5.82. The highest BCUT2D eigenvalue weighted by molar-refractivity contribution is 6.34. The largest absolute Gasteiger partial charge is 0.478 e. The summed E-state index contributed by atoms with van der Waals surface area (Å²) in [7, 11) is 0. The number of hydrogen-bond donors (Lipinski definition) is 2. The number of amides is 1. The molecule has 6 nitrogen and oxygen atoms in total. The Morgan fingerprint density at radius 2 is 2.20 bits per heavy atom. The Hall–Kier alpha value is -2.34. The quantitative estimate of drug-likeness (QED) is 0.885. The number of nitrogens with one attached hydrogen (secondary N) is 1. The van der Waals surface area contributed by atoms with Crippen molar-refractivity contribution in [2.75, 3.05) is 5.32 Å². The number of rotatable bonds is 5. The van der Waals surface area contributed by atoms with Crippen molar-refractivity contribution in [3.05, 3.63) is 47.5 Å². The smallest absolute Gasteiger partial charge is 0.339 e.